The predicted octanol–water partition coefficient (Wildman–Crippen LogP) is 2.94. The third kappa shape index (κ3) is 3.48. The summed E-state index contributed by atoms with van der Waals surface area (Å²) in [5, 5.41) is 4.08. The van der Waals surface area contributed by atoms with Gasteiger partial charge in [-0.2, -0.15) is 5.10 Å². The van der Waals surface area contributed by atoms with Crippen molar-refractivity contribution in [2.45, 2.75) is 6.92 Å². The number of nitrogens with one attached hydrogen (secondary N) is 2. The van der Waals surface area contributed by atoms with E-state index in [4.69, 9.17) is 4.74 Å². The fourth-order valence-corrected chi connectivity index (χ4v) is 1.95. The van der Waals surface area contributed by atoms with Gasteiger partial charge in [-0.05, 0) is 41.1 Å². The van der Waals surface area contributed by atoms with Crippen molar-refractivity contribution in [3.63, 3.8) is 0 Å². The SMILES string of the molecule is COc1cccc(/C(C)=N\NC(=O)c2cc(Br)c[nH]2)c1. The maximum Gasteiger partial charge on any atom is 0.287 e. The number of amides is 1. The van der Waals surface area contributed by atoms with E-state index in [9.17, 15) is 4.79 Å². The molecule has 0 saturated heterocycles. The van der Waals surface area contributed by atoms with Gasteiger partial charge < -0.3 is 9.72 Å². The zero-order chi connectivity index (χ0) is 14.5. The number of methoxy groups -OCH3 is 1. The highest BCUT2D eigenvalue weighted by atomic mass is 79.9. The Morgan fingerprint density at radius 2 is 2.20 bits per heavy atom. The first-order valence-electron chi connectivity index (χ1n) is 5.93. The molecule has 5 nitrogen and oxygen atoms in total. The van der Waals surface area contributed by atoms with Crippen molar-refractivity contribution in [2.75, 3.05) is 7.11 Å². The first-order chi connectivity index (χ1) is 9.60. The highest BCUT2D eigenvalue weighted by Crippen LogP contribution is 2.13. The average Bonchev–Trinajstić information content (AvgIpc) is 2.91. The van der Waals surface area contributed by atoms with Crippen LogP contribution in [0.5, 0.6) is 5.75 Å². The number of ether oxygens (including phenoxy) is 1. The number of hydrogen-bond donors (Lipinski definition) is 2. The zero-order valence-corrected chi connectivity index (χ0v) is 12.7. The second-order valence-corrected chi connectivity index (χ2v) is 5.02. The van der Waals surface area contributed by atoms with Crippen LogP contribution in [-0.2, 0) is 0 Å². The third-order valence-electron chi connectivity index (χ3n) is 2.71. The lowest BCUT2D eigenvalue weighted by molar-refractivity contribution is 0.0950. The zero-order valence-electron chi connectivity index (χ0n) is 11.1. The van der Waals surface area contributed by atoms with Crippen LogP contribution in [0.3, 0.4) is 0 Å². The summed E-state index contributed by atoms with van der Waals surface area (Å²) < 4.78 is 5.97. The van der Waals surface area contributed by atoms with E-state index < -0.39 is 0 Å². The second kappa shape index (κ2) is 6.38. The van der Waals surface area contributed by atoms with Crippen molar-refractivity contribution in [1.82, 2.24) is 10.4 Å². The molecular weight excluding hydrogens is 322 g/mol. The predicted molar refractivity (Wildman–Crippen MR) is 81.2 cm³/mol. The fourth-order valence-electron chi connectivity index (χ4n) is 1.61. The topological polar surface area (TPSA) is 66.5 Å². The molecule has 2 aromatic rings. The lowest BCUT2D eigenvalue weighted by Gasteiger charge is -2.04. The smallest absolute Gasteiger partial charge is 0.287 e. The molecule has 0 atom stereocenters. The van der Waals surface area contributed by atoms with Gasteiger partial charge in [-0.3, -0.25) is 4.79 Å². The molecule has 1 amide bonds. The molecule has 1 aromatic heterocycles. The van der Waals surface area contributed by atoms with E-state index in [1.54, 1.807) is 19.4 Å². The number of aromatic nitrogens is 1. The maximum absolute atomic E-state index is 11.8. The third-order valence-corrected chi connectivity index (χ3v) is 3.16. The Morgan fingerprint density at radius 3 is 2.85 bits per heavy atom. The Labute approximate surface area is 125 Å². The summed E-state index contributed by atoms with van der Waals surface area (Å²) in [6, 6.07) is 9.17. The van der Waals surface area contributed by atoms with Crippen molar-refractivity contribution in [3.8, 4) is 5.75 Å². The molecule has 0 unspecified atom stereocenters. The van der Waals surface area contributed by atoms with Crippen molar-refractivity contribution >= 4 is 27.5 Å². The van der Waals surface area contributed by atoms with E-state index >= 15 is 0 Å². The fraction of sp³-hybridized carbons (Fsp3) is 0.143. The minimum Gasteiger partial charge on any atom is -0.497 e. The molecule has 104 valence electrons. The van der Waals surface area contributed by atoms with E-state index in [0.717, 1.165) is 15.8 Å². The van der Waals surface area contributed by atoms with Crippen LogP contribution >= 0.6 is 15.9 Å². The Balaban J connectivity index is 2.08. The average molecular weight is 336 g/mol. The van der Waals surface area contributed by atoms with Gasteiger partial charge in [-0.1, -0.05) is 12.1 Å². The number of halogens is 1. The molecule has 1 aromatic carbocycles. The maximum atomic E-state index is 11.8. The number of hydrazone groups is 1. The largest absolute Gasteiger partial charge is 0.497 e. The minimum absolute atomic E-state index is 0.294. The summed E-state index contributed by atoms with van der Waals surface area (Å²) in [7, 11) is 1.61. The molecule has 0 bridgehead atoms. The molecule has 1 heterocycles. The van der Waals surface area contributed by atoms with Gasteiger partial charge in [0, 0.05) is 16.2 Å². The Kier molecular flexibility index (Phi) is 4.57. The lowest BCUT2D eigenvalue weighted by atomic mass is 10.1. The van der Waals surface area contributed by atoms with E-state index in [1.165, 1.54) is 0 Å². The van der Waals surface area contributed by atoms with Crippen LogP contribution in [0.1, 0.15) is 23.0 Å². The van der Waals surface area contributed by atoms with Crippen LogP contribution in [0.4, 0.5) is 0 Å². The summed E-state index contributed by atoms with van der Waals surface area (Å²) in [6.07, 6.45) is 1.69. The molecule has 2 rings (SSSR count). The van der Waals surface area contributed by atoms with Crippen molar-refractivity contribution < 1.29 is 9.53 Å². The molecule has 2 N–H and O–H groups in total. The number of aromatic amines is 1. The van der Waals surface area contributed by atoms with Gasteiger partial charge in [0.2, 0.25) is 0 Å². The Bertz CT molecular complexity index is 649. The summed E-state index contributed by atoms with van der Waals surface area (Å²) in [6.45, 7) is 1.82. The molecule has 0 saturated carbocycles. The van der Waals surface area contributed by atoms with Gasteiger partial charge in [0.15, 0.2) is 0 Å². The van der Waals surface area contributed by atoms with Crippen molar-refractivity contribution in [2.24, 2.45) is 5.10 Å². The quantitative estimate of drug-likeness (QED) is 0.666. The first kappa shape index (κ1) is 14.3. The Morgan fingerprint density at radius 1 is 1.40 bits per heavy atom. The number of carbonyl (C=O) groups is 1. The molecule has 0 aliphatic heterocycles. The van der Waals surface area contributed by atoms with Gasteiger partial charge in [0.25, 0.3) is 5.91 Å². The molecule has 0 radical (unpaired) electrons. The number of rotatable bonds is 4. The van der Waals surface area contributed by atoms with Gasteiger partial charge in [-0.15, -0.1) is 0 Å². The highest BCUT2D eigenvalue weighted by Gasteiger charge is 2.07. The normalized spacial score (nSPS) is 11.2. The van der Waals surface area contributed by atoms with Crippen LogP contribution < -0.4 is 10.2 Å². The molecule has 6 heteroatoms. The summed E-state index contributed by atoms with van der Waals surface area (Å²) in [5.41, 5.74) is 4.53. The standard InChI is InChI=1S/C14H14BrN3O2/c1-9(10-4-3-5-12(6-10)20-2)17-18-14(19)13-7-11(15)8-16-13/h3-8,16H,1-2H3,(H,18,19)/b17-9-. The molecule has 0 aliphatic carbocycles. The van der Waals surface area contributed by atoms with Crippen molar-refractivity contribution in [3.05, 3.63) is 52.3 Å². The summed E-state index contributed by atoms with van der Waals surface area (Å²) in [4.78, 5) is 14.7. The molecular formula is C14H14BrN3O2. The van der Waals surface area contributed by atoms with Crippen molar-refractivity contribution in [1.29, 1.82) is 0 Å². The van der Waals surface area contributed by atoms with E-state index in [-0.39, 0.29) is 5.91 Å². The van der Waals surface area contributed by atoms with Crippen LogP contribution in [0.15, 0.2) is 46.1 Å². The first-order valence-corrected chi connectivity index (χ1v) is 6.72. The van der Waals surface area contributed by atoms with Crippen LogP contribution in [0.25, 0.3) is 0 Å². The van der Waals surface area contributed by atoms with Crippen LogP contribution in [0, 0.1) is 0 Å². The lowest BCUT2D eigenvalue weighted by Crippen LogP contribution is -2.19. The monoisotopic (exact) mass is 335 g/mol. The number of nitrogens with zero attached hydrogens (tertiary/aromatic N) is 1. The Hall–Kier alpha value is -2.08. The minimum atomic E-state index is -0.294. The van der Waals surface area contributed by atoms with Gasteiger partial charge in [-0.25, -0.2) is 5.43 Å². The summed E-state index contributed by atoms with van der Waals surface area (Å²) in [5.74, 6) is 0.453. The number of hydrogen-bond acceptors (Lipinski definition) is 3. The van der Waals surface area contributed by atoms with Crippen LogP contribution in [0.2, 0.25) is 0 Å². The van der Waals surface area contributed by atoms with Gasteiger partial charge >= 0.3 is 0 Å². The molecule has 0 aliphatic rings. The summed E-state index contributed by atoms with van der Waals surface area (Å²) >= 11 is 3.27. The van der Waals surface area contributed by atoms with Gasteiger partial charge in [0.05, 0.1) is 12.8 Å². The molecule has 0 fully saturated rings. The van der Waals surface area contributed by atoms with E-state index in [2.05, 4.69) is 31.4 Å². The number of benzene rings is 1. The van der Waals surface area contributed by atoms with E-state index in [0.29, 0.717) is 11.4 Å². The molecule has 0 spiro atoms. The number of carbonyl (C=O) groups excluding carboxylic acids is 1. The molecule has 20 heavy (non-hydrogen) atoms. The van der Waals surface area contributed by atoms with E-state index in [1.807, 2.05) is 31.2 Å². The van der Waals surface area contributed by atoms with Crippen LogP contribution in [-0.4, -0.2) is 23.7 Å². The number of H-pyrrole nitrogens is 1. The highest BCUT2D eigenvalue weighted by molar-refractivity contribution is 9.10. The second-order valence-electron chi connectivity index (χ2n) is 4.10. The van der Waals surface area contributed by atoms with Gasteiger partial charge in [0.1, 0.15) is 11.4 Å².